The molecule has 0 atom stereocenters. The van der Waals surface area contributed by atoms with Crippen molar-refractivity contribution < 1.29 is 0 Å². The lowest BCUT2D eigenvalue weighted by Crippen LogP contribution is -2.50. The van der Waals surface area contributed by atoms with Crippen molar-refractivity contribution in [2.45, 2.75) is 51.1 Å². The molecular formula is C17H28N4. The number of aromatic nitrogens is 1. The average Bonchev–Trinajstić information content (AvgIpc) is 2.84. The highest BCUT2D eigenvalue weighted by Gasteiger charge is 2.24. The summed E-state index contributed by atoms with van der Waals surface area (Å²) in [5.74, 6) is 1.10. The summed E-state index contributed by atoms with van der Waals surface area (Å²) >= 11 is 0. The maximum atomic E-state index is 5.63. The van der Waals surface area contributed by atoms with Gasteiger partial charge in [-0.25, -0.2) is 4.98 Å². The molecule has 21 heavy (non-hydrogen) atoms. The topological polar surface area (TPSA) is 45.4 Å². The molecule has 4 heteroatoms. The summed E-state index contributed by atoms with van der Waals surface area (Å²) in [6, 6.07) is 5.05. The minimum atomic E-state index is 0.572. The molecule has 0 amide bonds. The van der Waals surface area contributed by atoms with Crippen LogP contribution in [0.1, 0.15) is 44.1 Å². The number of rotatable bonds is 3. The molecule has 1 aromatic rings. The van der Waals surface area contributed by atoms with Crippen molar-refractivity contribution in [3.05, 3.63) is 23.9 Å². The van der Waals surface area contributed by atoms with Gasteiger partial charge in [-0.15, -0.1) is 0 Å². The molecule has 1 saturated heterocycles. The highest BCUT2D eigenvalue weighted by Crippen LogP contribution is 2.23. The maximum absolute atomic E-state index is 5.63. The van der Waals surface area contributed by atoms with Gasteiger partial charge in [-0.1, -0.05) is 31.7 Å². The van der Waals surface area contributed by atoms with Gasteiger partial charge in [-0.3, -0.25) is 4.90 Å². The van der Waals surface area contributed by atoms with Crippen LogP contribution in [0.15, 0.2) is 18.3 Å². The van der Waals surface area contributed by atoms with E-state index in [-0.39, 0.29) is 0 Å². The number of anilines is 1. The zero-order valence-electron chi connectivity index (χ0n) is 13.0. The summed E-state index contributed by atoms with van der Waals surface area (Å²) in [6.45, 7) is 5.15. The Kier molecular flexibility index (Phi) is 5.09. The molecule has 2 fully saturated rings. The van der Waals surface area contributed by atoms with Crippen LogP contribution in [0.25, 0.3) is 0 Å². The first-order valence-electron chi connectivity index (χ1n) is 8.51. The Morgan fingerprint density at radius 3 is 2.29 bits per heavy atom. The van der Waals surface area contributed by atoms with Crippen molar-refractivity contribution in [3.63, 3.8) is 0 Å². The van der Waals surface area contributed by atoms with Gasteiger partial charge in [0.1, 0.15) is 5.82 Å². The van der Waals surface area contributed by atoms with Crippen LogP contribution in [0.5, 0.6) is 0 Å². The quantitative estimate of drug-likeness (QED) is 0.868. The monoisotopic (exact) mass is 288 g/mol. The van der Waals surface area contributed by atoms with Gasteiger partial charge in [-0.2, -0.15) is 0 Å². The second kappa shape index (κ2) is 7.23. The molecule has 1 saturated carbocycles. The van der Waals surface area contributed by atoms with Crippen LogP contribution in [-0.2, 0) is 6.54 Å². The number of hydrogen-bond donors (Lipinski definition) is 1. The van der Waals surface area contributed by atoms with E-state index in [0.717, 1.165) is 30.5 Å². The molecular weight excluding hydrogens is 260 g/mol. The lowest BCUT2D eigenvalue weighted by atomic mass is 10.1. The molecule has 2 N–H and O–H groups in total. The smallest absolute Gasteiger partial charge is 0.128 e. The lowest BCUT2D eigenvalue weighted by molar-refractivity contribution is 0.169. The Balaban J connectivity index is 1.54. The van der Waals surface area contributed by atoms with Crippen LogP contribution in [0.3, 0.4) is 0 Å². The SMILES string of the molecule is NCc1ccc(N2CCN(C3CCCCCC3)CC2)nc1. The summed E-state index contributed by atoms with van der Waals surface area (Å²) in [7, 11) is 0. The van der Waals surface area contributed by atoms with E-state index in [1.54, 1.807) is 0 Å². The standard InChI is InChI=1S/C17H28N4/c18-13-15-7-8-17(19-14-15)21-11-9-20(10-12-21)16-5-3-1-2-4-6-16/h7-8,14,16H,1-6,9-13,18H2. The molecule has 0 bridgehead atoms. The molecule has 0 radical (unpaired) electrons. The van der Waals surface area contributed by atoms with Gasteiger partial charge in [0.25, 0.3) is 0 Å². The number of piperazine rings is 1. The van der Waals surface area contributed by atoms with Gasteiger partial charge >= 0.3 is 0 Å². The third-order valence-corrected chi connectivity index (χ3v) is 5.02. The van der Waals surface area contributed by atoms with E-state index in [1.165, 1.54) is 51.6 Å². The van der Waals surface area contributed by atoms with E-state index in [4.69, 9.17) is 5.73 Å². The molecule has 3 rings (SSSR count). The number of pyridine rings is 1. The minimum absolute atomic E-state index is 0.572. The largest absolute Gasteiger partial charge is 0.354 e. The summed E-state index contributed by atoms with van der Waals surface area (Å²) in [6.07, 6.45) is 10.4. The van der Waals surface area contributed by atoms with Crippen LogP contribution in [-0.4, -0.2) is 42.1 Å². The molecule has 0 aromatic carbocycles. The first-order valence-corrected chi connectivity index (χ1v) is 8.51. The Morgan fingerprint density at radius 1 is 1.00 bits per heavy atom. The van der Waals surface area contributed by atoms with E-state index in [2.05, 4.69) is 26.9 Å². The Labute approximate surface area is 128 Å². The van der Waals surface area contributed by atoms with E-state index < -0.39 is 0 Å². The van der Waals surface area contributed by atoms with Gasteiger partial charge < -0.3 is 10.6 Å². The maximum Gasteiger partial charge on any atom is 0.128 e. The van der Waals surface area contributed by atoms with E-state index in [0.29, 0.717) is 6.54 Å². The van der Waals surface area contributed by atoms with Crippen LogP contribution in [0.4, 0.5) is 5.82 Å². The van der Waals surface area contributed by atoms with Crippen LogP contribution in [0, 0.1) is 0 Å². The van der Waals surface area contributed by atoms with Crippen LogP contribution >= 0.6 is 0 Å². The summed E-state index contributed by atoms with van der Waals surface area (Å²) < 4.78 is 0. The third-order valence-electron chi connectivity index (χ3n) is 5.02. The molecule has 1 aliphatic heterocycles. The Hall–Kier alpha value is -1.13. The van der Waals surface area contributed by atoms with E-state index in [1.807, 2.05) is 6.20 Å². The highest BCUT2D eigenvalue weighted by atomic mass is 15.3. The molecule has 1 aliphatic carbocycles. The lowest BCUT2D eigenvalue weighted by Gasteiger charge is -2.39. The van der Waals surface area contributed by atoms with E-state index in [9.17, 15) is 0 Å². The van der Waals surface area contributed by atoms with Crippen molar-refractivity contribution in [1.29, 1.82) is 0 Å². The number of hydrogen-bond acceptors (Lipinski definition) is 4. The van der Waals surface area contributed by atoms with Crippen LogP contribution < -0.4 is 10.6 Å². The fourth-order valence-electron chi connectivity index (χ4n) is 3.66. The first-order chi connectivity index (χ1) is 10.4. The van der Waals surface area contributed by atoms with Gasteiger partial charge in [0.2, 0.25) is 0 Å². The van der Waals surface area contributed by atoms with Crippen molar-refractivity contribution in [3.8, 4) is 0 Å². The molecule has 1 aromatic heterocycles. The Morgan fingerprint density at radius 2 is 1.71 bits per heavy atom. The predicted octanol–water partition coefficient (Wildman–Crippen LogP) is 2.39. The first kappa shape index (κ1) is 14.8. The fourth-order valence-corrected chi connectivity index (χ4v) is 3.66. The van der Waals surface area contributed by atoms with Gasteiger partial charge in [0.15, 0.2) is 0 Å². The highest BCUT2D eigenvalue weighted by molar-refractivity contribution is 5.39. The molecule has 0 unspecified atom stereocenters. The van der Waals surface area contributed by atoms with Gasteiger partial charge in [0.05, 0.1) is 0 Å². The number of nitrogens with two attached hydrogens (primary N) is 1. The third kappa shape index (κ3) is 3.74. The predicted molar refractivity (Wildman–Crippen MR) is 87.4 cm³/mol. The average molecular weight is 288 g/mol. The molecule has 2 aliphatic rings. The molecule has 0 spiro atoms. The van der Waals surface area contributed by atoms with Crippen molar-refractivity contribution in [1.82, 2.24) is 9.88 Å². The van der Waals surface area contributed by atoms with Crippen molar-refractivity contribution >= 4 is 5.82 Å². The van der Waals surface area contributed by atoms with Gasteiger partial charge in [0, 0.05) is 45.0 Å². The fraction of sp³-hybridized carbons (Fsp3) is 0.706. The van der Waals surface area contributed by atoms with Gasteiger partial charge in [-0.05, 0) is 24.5 Å². The minimum Gasteiger partial charge on any atom is -0.354 e. The zero-order chi connectivity index (χ0) is 14.5. The molecule has 2 heterocycles. The summed E-state index contributed by atoms with van der Waals surface area (Å²) in [5.41, 5.74) is 6.74. The summed E-state index contributed by atoms with van der Waals surface area (Å²) in [5, 5.41) is 0. The van der Waals surface area contributed by atoms with Crippen LogP contribution in [0.2, 0.25) is 0 Å². The van der Waals surface area contributed by atoms with Crippen molar-refractivity contribution in [2.24, 2.45) is 5.73 Å². The normalized spacial score (nSPS) is 22.2. The second-order valence-electron chi connectivity index (χ2n) is 6.40. The zero-order valence-corrected chi connectivity index (χ0v) is 13.0. The van der Waals surface area contributed by atoms with Crippen molar-refractivity contribution in [2.75, 3.05) is 31.1 Å². The number of nitrogens with zero attached hydrogens (tertiary/aromatic N) is 3. The molecule has 4 nitrogen and oxygen atoms in total. The molecule has 116 valence electrons. The van der Waals surface area contributed by atoms with E-state index >= 15 is 0 Å². The summed E-state index contributed by atoms with van der Waals surface area (Å²) in [4.78, 5) is 9.68. The second-order valence-corrected chi connectivity index (χ2v) is 6.40. The Bertz CT molecular complexity index is 415.